The number of carbonyl (C=O) groups excluding carboxylic acids is 3. The fourth-order valence-corrected chi connectivity index (χ4v) is 4.71. The number of nitrogens with one attached hydrogen (secondary N) is 2. The lowest BCUT2D eigenvalue weighted by molar-refractivity contribution is -0.120. The van der Waals surface area contributed by atoms with Crippen LogP contribution in [-0.2, 0) is 14.3 Å². The molecule has 3 aromatic rings. The van der Waals surface area contributed by atoms with E-state index in [0.717, 1.165) is 16.5 Å². The molecular weight excluding hydrogens is 498 g/mol. The number of ether oxygens (including phenoxy) is 3. The van der Waals surface area contributed by atoms with Crippen LogP contribution in [0.15, 0.2) is 48.5 Å². The minimum absolute atomic E-state index is 0.224. The number of likely N-dealkylation sites (tertiary alicyclic amines) is 1. The number of esters is 1. The van der Waals surface area contributed by atoms with Crippen molar-refractivity contribution in [1.82, 2.24) is 9.88 Å². The molecule has 1 aliphatic rings. The first-order chi connectivity index (χ1) is 18.2. The Balaban J connectivity index is 1.59. The lowest BCUT2D eigenvalue weighted by atomic mass is 9.91. The molecule has 2 heterocycles. The zero-order valence-electron chi connectivity index (χ0n) is 23.6. The number of anilines is 1. The van der Waals surface area contributed by atoms with E-state index in [0.29, 0.717) is 30.1 Å². The second-order valence-electron chi connectivity index (χ2n) is 11.8. The predicted octanol–water partition coefficient (Wildman–Crippen LogP) is 5.86. The van der Waals surface area contributed by atoms with Crippen LogP contribution in [-0.4, -0.2) is 58.8 Å². The van der Waals surface area contributed by atoms with Gasteiger partial charge in [-0.1, -0.05) is 12.1 Å². The SMILES string of the molecule is COc1ccc([C@H]2CCN(C(=O)OC(C)(C)C)[C@H]2C(=O)Nc2ccc3[nH]c(C(=O)OC(C)(C)C)cc3c2)cc1. The molecule has 9 heteroatoms. The first kappa shape index (κ1) is 28.0. The van der Waals surface area contributed by atoms with Crippen LogP contribution in [0.4, 0.5) is 10.5 Å². The number of methoxy groups -OCH3 is 1. The van der Waals surface area contributed by atoms with Gasteiger partial charge in [-0.3, -0.25) is 9.69 Å². The lowest BCUT2D eigenvalue weighted by Gasteiger charge is -2.30. The summed E-state index contributed by atoms with van der Waals surface area (Å²) in [5.41, 5.74) is 1.24. The highest BCUT2D eigenvalue weighted by atomic mass is 16.6. The summed E-state index contributed by atoms with van der Waals surface area (Å²) in [6.45, 7) is 11.2. The highest BCUT2D eigenvalue weighted by molar-refractivity contribution is 6.00. The second-order valence-corrected chi connectivity index (χ2v) is 11.8. The van der Waals surface area contributed by atoms with E-state index in [4.69, 9.17) is 14.2 Å². The Morgan fingerprint density at radius 1 is 0.923 bits per heavy atom. The molecule has 0 unspecified atom stereocenters. The number of aromatic nitrogens is 1. The van der Waals surface area contributed by atoms with Gasteiger partial charge in [-0.15, -0.1) is 0 Å². The number of nitrogens with zero attached hydrogens (tertiary/aromatic N) is 1. The third kappa shape index (κ3) is 6.71. The van der Waals surface area contributed by atoms with Crippen molar-refractivity contribution in [3.63, 3.8) is 0 Å². The number of amides is 2. The molecule has 1 aromatic heterocycles. The summed E-state index contributed by atoms with van der Waals surface area (Å²) in [5, 5.41) is 3.73. The number of benzene rings is 2. The van der Waals surface area contributed by atoms with Crippen molar-refractivity contribution in [2.75, 3.05) is 19.0 Å². The highest BCUT2D eigenvalue weighted by Gasteiger charge is 2.44. The molecule has 1 aliphatic heterocycles. The zero-order chi connectivity index (χ0) is 28.5. The second kappa shape index (κ2) is 10.6. The van der Waals surface area contributed by atoms with Crippen molar-refractivity contribution in [3.8, 4) is 5.75 Å². The van der Waals surface area contributed by atoms with Crippen LogP contribution in [0.1, 0.15) is 69.9 Å². The van der Waals surface area contributed by atoms with Crippen molar-refractivity contribution < 1.29 is 28.6 Å². The molecule has 0 spiro atoms. The van der Waals surface area contributed by atoms with E-state index in [1.165, 1.54) is 4.90 Å². The van der Waals surface area contributed by atoms with E-state index >= 15 is 0 Å². The zero-order valence-corrected chi connectivity index (χ0v) is 23.6. The largest absolute Gasteiger partial charge is 0.497 e. The van der Waals surface area contributed by atoms with Gasteiger partial charge >= 0.3 is 12.1 Å². The molecule has 0 bridgehead atoms. The molecule has 1 fully saturated rings. The number of carbonyl (C=O) groups is 3. The standard InChI is InChI=1S/C30H37N3O6/c1-29(2,3)38-27(35)24-17-19-16-20(10-13-23(19)32-24)31-26(34)25-22(18-8-11-21(37-7)12-9-18)14-15-33(25)28(36)39-30(4,5)6/h8-13,16-17,22,25,32H,14-15H2,1-7H3,(H,31,34)/t22-,25-/m1/s1. The molecule has 208 valence electrons. The van der Waals surface area contributed by atoms with Crippen LogP contribution in [0.3, 0.4) is 0 Å². The summed E-state index contributed by atoms with van der Waals surface area (Å²) < 4.78 is 16.4. The van der Waals surface area contributed by atoms with Crippen molar-refractivity contribution in [2.45, 2.75) is 71.1 Å². The fourth-order valence-electron chi connectivity index (χ4n) is 4.71. The molecule has 0 radical (unpaired) electrons. The minimum Gasteiger partial charge on any atom is -0.497 e. The number of hydrogen-bond acceptors (Lipinski definition) is 6. The molecule has 2 amide bonds. The van der Waals surface area contributed by atoms with Gasteiger partial charge in [0.15, 0.2) is 0 Å². The van der Waals surface area contributed by atoms with Crippen LogP contribution >= 0.6 is 0 Å². The number of aromatic amines is 1. The first-order valence-electron chi connectivity index (χ1n) is 13.0. The maximum absolute atomic E-state index is 13.7. The van der Waals surface area contributed by atoms with Crippen molar-refractivity contribution in [2.24, 2.45) is 0 Å². The van der Waals surface area contributed by atoms with Gasteiger partial charge in [0.2, 0.25) is 5.91 Å². The van der Waals surface area contributed by atoms with Crippen molar-refractivity contribution in [1.29, 1.82) is 0 Å². The van der Waals surface area contributed by atoms with Gasteiger partial charge < -0.3 is 24.5 Å². The van der Waals surface area contributed by atoms with E-state index in [9.17, 15) is 14.4 Å². The fraction of sp³-hybridized carbons (Fsp3) is 0.433. The number of H-pyrrole nitrogens is 1. The topological polar surface area (TPSA) is 110 Å². The summed E-state index contributed by atoms with van der Waals surface area (Å²) in [6, 6.07) is 13.8. The van der Waals surface area contributed by atoms with Crippen LogP contribution in [0, 0.1) is 0 Å². The summed E-state index contributed by atoms with van der Waals surface area (Å²) in [7, 11) is 1.60. The smallest absolute Gasteiger partial charge is 0.410 e. The third-order valence-corrected chi connectivity index (χ3v) is 6.35. The van der Waals surface area contributed by atoms with Crippen LogP contribution in [0.2, 0.25) is 0 Å². The van der Waals surface area contributed by atoms with Gasteiger partial charge in [-0.25, -0.2) is 9.59 Å². The van der Waals surface area contributed by atoms with E-state index in [1.54, 1.807) is 52.1 Å². The van der Waals surface area contributed by atoms with Gasteiger partial charge in [0.25, 0.3) is 0 Å². The number of fused-ring (bicyclic) bond motifs is 1. The summed E-state index contributed by atoms with van der Waals surface area (Å²) in [6.07, 6.45) is 0.0847. The van der Waals surface area contributed by atoms with Gasteiger partial charge in [0.05, 0.1) is 7.11 Å². The van der Waals surface area contributed by atoms with E-state index in [-0.39, 0.29) is 11.8 Å². The van der Waals surface area contributed by atoms with Crippen LogP contribution < -0.4 is 10.1 Å². The molecule has 4 rings (SSSR count). The molecule has 39 heavy (non-hydrogen) atoms. The Bertz CT molecular complexity index is 1360. The average molecular weight is 536 g/mol. The summed E-state index contributed by atoms with van der Waals surface area (Å²) >= 11 is 0. The first-order valence-corrected chi connectivity index (χ1v) is 13.0. The van der Waals surface area contributed by atoms with Crippen molar-refractivity contribution in [3.05, 3.63) is 59.8 Å². The molecule has 2 aromatic carbocycles. The Hall–Kier alpha value is -4.01. The normalized spacial score (nSPS) is 17.7. The molecular formula is C30H37N3O6. The average Bonchev–Trinajstić information content (AvgIpc) is 3.47. The van der Waals surface area contributed by atoms with E-state index in [2.05, 4.69) is 10.3 Å². The predicted molar refractivity (Wildman–Crippen MR) is 149 cm³/mol. The minimum atomic E-state index is -0.771. The Morgan fingerprint density at radius 2 is 1.59 bits per heavy atom. The molecule has 0 saturated carbocycles. The highest BCUT2D eigenvalue weighted by Crippen LogP contribution is 2.36. The molecule has 0 aliphatic carbocycles. The number of hydrogen-bond donors (Lipinski definition) is 2. The Kier molecular flexibility index (Phi) is 7.63. The lowest BCUT2D eigenvalue weighted by Crippen LogP contribution is -2.47. The summed E-state index contributed by atoms with van der Waals surface area (Å²) in [5.74, 6) is -0.280. The quantitative estimate of drug-likeness (QED) is 0.396. The van der Waals surface area contributed by atoms with Gasteiger partial charge in [0.1, 0.15) is 28.7 Å². The maximum Gasteiger partial charge on any atom is 0.410 e. The monoisotopic (exact) mass is 535 g/mol. The molecule has 2 N–H and O–H groups in total. The maximum atomic E-state index is 13.7. The molecule has 9 nitrogen and oxygen atoms in total. The number of rotatable bonds is 5. The Morgan fingerprint density at radius 3 is 2.21 bits per heavy atom. The van der Waals surface area contributed by atoms with Crippen LogP contribution in [0.5, 0.6) is 5.75 Å². The van der Waals surface area contributed by atoms with E-state index < -0.39 is 29.3 Å². The van der Waals surface area contributed by atoms with Gasteiger partial charge in [-0.2, -0.15) is 0 Å². The molecule has 2 atom stereocenters. The third-order valence-electron chi connectivity index (χ3n) is 6.35. The van der Waals surface area contributed by atoms with Gasteiger partial charge in [-0.05, 0) is 89.9 Å². The Labute approximate surface area is 228 Å². The van der Waals surface area contributed by atoms with Gasteiger partial charge in [0, 0.05) is 29.1 Å². The summed E-state index contributed by atoms with van der Waals surface area (Å²) in [4.78, 5) is 43.9. The van der Waals surface area contributed by atoms with Crippen LogP contribution in [0.25, 0.3) is 10.9 Å². The molecule has 1 saturated heterocycles. The van der Waals surface area contributed by atoms with E-state index in [1.807, 2.05) is 45.0 Å². The van der Waals surface area contributed by atoms with Crippen molar-refractivity contribution >= 4 is 34.6 Å².